The van der Waals surface area contributed by atoms with Crippen LogP contribution in [-0.4, -0.2) is 25.0 Å². The maximum absolute atomic E-state index is 12.8. The summed E-state index contributed by atoms with van der Waals surface area (Å²) in [5, 5.41) is 2.67. The first kappa shape index (κ1) is 22.9. The van der Waals surface area contributed by atoms with Crippen LogP contribution in [0.15, 0.2) is 97.1 Å². The van der Waals surface area contributed by atoms with Crippen molar-refractivity contribution in [2.75, 3.05) is 18.9 Å². The molecule has 0 saturated carbocycles. The average Bonchev–Trinajstić information content (AvgIpc) is 3.24. The summed E-state index contributed by atoms with van der Waals surface area (Å²) in [4.78, 5) is 25.1. The van der Waals surface area contributed by atoms with Crippen LogP contribution in [0.5, 0.6) is 0 Å². The molecule has 0 radical (unpaired) electrons. The molecule has 5 nitrogen and oxygen atoms in total. The highest BCUT2D eigenvalue weighted by atomic mass is 16.5. The first-order valence-electron chi connectivity index (χ1n) is 11.7. The number of nitrogens with one attached hydrogen (secondary N) is 1. The van der Waals surface area contributed by atoms with E-state index in [1.165, 1.54) is 11.1 Å². The van der Waals surface area contributed by atoms with Crippen LogP contribution in [0, 0.1) is 11.8 Å². The molecular formula is C31H24N2O3. The maximum atomic E-state index is 12.8. The van der Waals surface area contributed by atoms with Crippen molar-refractivity contribution in [3.8, 4) is 23.0 Å². The smallest absolute Gasteiger partial charge is 0.407 e. The maximum Gasteiger partial charge on any atom is 0.407 e. The SMILES string of the molecule is Nc1ccc(C#CCNC(=O)OCC2c3ccccc3-c3ccccc32)cc1C(=O)c1ccccc1. The number of nitrogen functional groups attached to an aromatic ring is 1. The second kappa shape index (κ2) is 10.2. The summed E-state index contributed by atoms with van der Waals surface area (Å²) in [6.07, 6.45) is -0.525. The van der Waals surface area contributed by atoms with Crippen molar-refractivity contribution < 1.29 is 14.3 Å². The molecule has 1 amide bonds. The van der Waals surface area contributed by atoms with E-state index in [0.717, 1.165) is 11.1 Å². The highest BCUT2D eigenvalue weighted by molar-refractivity contribution is 6.12. The molecule has 0 fully saturated rings. The Morgan fingerprint density at radius 3 is 2.17 bits per heavy atom. The number of amides is 1. The van der Waals surface area contributed by atoms with E-state index < -0.39 is 6.09 Å². The molecule has 0 heterocycles. The Morgan fingerprint density at radius 1 is 0.833 bits per heavy atom. The molecular weight excluding hydrogens is 448 g/mol. The molecule has 4 aromatic rings. The van der Waals surface area contributed by atoms with Gasteiger partial charge in [0.2, 0.25) is 0 Å². The lowest BCUT2D eigenvalue weighted by atomic mass is 9.98. The number of hydrogen-bond acceptors (Lipinski definition) is 4. The standard InChI is InChI=1S/C31H24N2O3/c32-29-17-16-21(19-27(29)30(34)22-10-2-1-3-11-22)9-8-18-33-31(35)36-20-28-25-14-6-4-12-23(25)24-13-5-7-15-26(24)28/h1-7,10-17,19,28H,18,20,32H2,(H,33,35). The lowest BCUT2D eigenvalue weighted by molar-refractivity contribution is 0.103. The zero-order valence-corrected chi connectivity index (χ0v) is 19.5. The van der Waals surface area contributed by atoms with Crippen molar-refractivity contribution in [1.82, 2.24) is 5.32 Å². The Hall–Kier alpha value is -4.82. The van der Waals surface area contributed by atoms with Crippen LogP contribution in [0.25, 0.3) is 11.1 Å². The number of ketones is 1. The molecule has 36 heavy (non-hydrogen) atoms. The lowest BCUT2D eigenvalue weighted by Crippen LogP contribution is -2.26. The summed E-state index contributed by atoms with van der Waals surface area (Å²) < 4.78 is 5.53. The Balaban J connectivity index is 1.19. The molecule has 0 aliphatic heterocycles. The van der Waals surface area contributed by atoms with Gasteiger partial charge in [-0.2, -0.15) is 0 Å². The summed E-state index contributed by atoms with van der Waals surface area (Å²) in [7, 11) is 0. The largest absolute Gasteiger partial charge is 0.449 e. The molecule has 0 spiro atoms. The third-order valence-corrected chi connectivity index (χ3v) is 6.23. The minimum atomic E-state index is -0.525. The van der Waals surface area contributed by atoms with E-state index in [9.17, 15) is 9.59 Å². The second-order valence-corrected chi connectivity index (χ2v) is 8.48. The van der Waals surface area contributed by atoms with E-state index in [2.05, 4.69) is 41.4 Å². The molecule has 0 unspecified atom stereocenters. The Labute approximate surface area is 209 Å². The van der Waals surface area contributed by atoms with Gasteiger partial charge < -0.3 is 15.8 Å². The highest BCUT2D eigenvalue weighted by Crippen LogP contribution is 2.44. The molecule has 176 valence electrons. The summed E-state index contributed by atoms with van der Waals surface area (Å²) in [5.74, 6) is 5.72. The fraction of sp³-hybridized carbons (Fsp3) is 0.0968. The normalized spacial score (nSPS) is 11.6. The molecule has 5 rings (SSSR count). The first-order valence-corrected chi connectivity index (χ1v) is 11.7. The molecule has 4 aromatic carbocycles. The van der Waals surface area contributed by atoms with Gasteiger partial charge in [0, 0.05) is 28.3 Å². The zero-order chi connectivity index (χ0) is 24.9. The fourth-order valence-electron chi connectivity index (χ4n) is 4.49. The van der Waals surface area contributed by atoms with Gasteiger partial charge in [-0.1, -0.05) is 90.7 Å². The third kappa shape index (κ3) is 4.70. The van der Waals surface area contributed by atoms with Crippen molar-refractivity contribution >= 4 is 17.6 Å². The summed E-state index contributed by atoms with van der Waals surface area (Å²) in [5.41, 5.74) is 12.7. The van der Waals surface area contributed by atoms with Crippen molar-refractivity contribution in [1.29, 1.82) is 0 Å². The van der Waals surface area contributed by atoms with Gasteiger partial charge in [-0.15, -0.1) is 0 Å². The predicted octanol–water partition coefficient (Wildman–Crippen LogP) is 5.39. The summed E-state index contributed by atoms with van der Waals surface area (Å²) in [6, 6.07) is 30.4. The number of anilines is 1. The minimum Gasteiger partial charge on any atom is -0.449 e. The first-order chi connectivity index (χ1) is 17.6. The number of fused-ring (bicyclic) bond motifs is 3. The molecule has 5 heteroatoms. The molecule has 0 aromatic heterocycles. The number of alkyl carbamates (subject to hydrolysis) is 1. The van der Waals surface area contributed by atoms with E-state index in [-0.39, 0.29) is 24.9 Å². The molecule has 1 aliphatic rings. The average molecular weight is 473 g/mol. The van der Waals surface area contributed by atoms with Crippen LogP contribution in [-0.2, 0) is 4.74 Å². The fourth-order valence-corrected chi connectivity index (χ4v) is 4.49. The Bertz CT molecular complexity index is 1450. The monoisotopic (exact) mass is 472 g/mol. The summed E-state index contributed by atoms with van der Waals surface area (Å²) in [6.45, 7) is 0.360. The van der Waals surface area contributed by atoms with Crippen molar-refractivity contribution in [3.63, 3.8) is 0 Å². The number of rotatable bonds is 5. The van der Waals surface area contributed by atoms with Crippen molar-refractivity contribution in [2.24, 2.45) is 0 Å². The second-order valence-electron chi connectivity index (χ2n) is 8.48. The number of benzene rings is 4. The van der Waals surface area contributed by atoms with E-state index in [1.807, 2.05) is 42.5 Å². The van der Waals surface area contributed by atoms with Gasteiger partial charge in [-0.05, 0) is 40.5 Å². The Kier molecular flexibility index (Phi) is 6.51. The number of hydrogen-bond donors (Lipinski definition) is 2. The van der Waals surface area contributed by atoms with Gasteiger partial charge in [0.15, 0.2) is 5.78 Å². The topological polar surface area (TPSA) is 81.4 Å². The molecule has 0 saturated heterocycles. The van der Waals surface area contributed by atoms with Crippen LogP contribution in [0.4, 0.5) is 10.5 Å². The molecule has 0 bridgehead atoms. The number of carbonyl (C=O) groups excluding carboxylic acids is 2. The van der Waals surface area contributed by atoms with Gasteiger partial charge in [0.1, 0.15) is 6.61 Å². The van der Waals surface area contributed by atoms with Gasteiger partial charge in [-0.3, -0.25) is 4.79 Å². The molecule has 1 aliphatic carbocycles. The highest BCUT2D eigenvalue weighted by Gasteiger charge is 2.28. The van der Waals surface area contributed by atoms with E-state index in [4.69, 9.17) is 10.5 Å². The predicted molar refractivity (Wildman–Crippen MR) is 141 cm³/mol. The van der Waals surface area contributed by atoms with Gasteiger partial charge in [0.05, 0.1) is 6.54 Å². The number of nitrogens with two attached hydrogens (primary N) is 1. The minimum absolute atomic E-state index is 0.00424. The Morgan fingerprint density at radius 2 is 1.47 bits per heavy atom. The summed E-state index contributed by atoms with van der Waals surface area (Å²) >= 11 is 0. The van der Waals surface area contributed by atoms with E-state index in [1.54, 1.807) is 30.3 Å². The van der Waals surface area contributed by atoms with E-state index >= 15 is 0 Å². The van der Waals surface area contributed by atoms with Crippen molar-refractivity contribution in [3.05, 3.63) is 125 Å². The molecule has 3 N–H and O–H groups in total. The molecule has 0 atom stereocenters. The zero-order valence-electron chi connectivity index (χ0n) is 19.5. The third-order valence-electron chi connectivity index (χ3n) is 6.23. The van der Waals surface area contributed by atoms with Crippen LogP contribution < -0.4 is 11.1 Å². The van der Waals surface area contributed by atoms with Crippen LogP contribution >= 0.6 is 0 Å². The van der Waals surface area contributed by atoms with Crippen molar-refractivity contribution in [2.45, 2.75) is 5.92 Å². The van der Waals surface area contributed by atoms with Crippen LogP contribution in [0.1, 0.15) is 38.5 Å². The van der Waals surface area contributed by atoms with Gasteiger partial charge >= 0.3 is 6.09 Å². The quantitative estimate of drug-likeness (QED) is 0.232. The van der Waals surface area contributed by atoms with E-state index in [0.29, 0.717) is 22.4 Å². The van der Waals surface area contributed by atoms with Crippen LogP contribution in [0.3, 0.4) is 0 Å². The number of ether oxygens (including phenoxy) is 1. The lowest BCUT2D eigenvalue weighted by Gasteiger charge is -2.14. The van der Waals surface area contributed by atoms with Gasteiger partial charge in [0.25, 0.3) is 0 Å². The number of carbonyl (C=O) groups is 2. The van der Waals surface area contributed by atoms with Crippen LogP contribution in [0.2, 0.25) is 0 Å². The van der Waals surface area contributed by atoms with Gasteiger partial charge in [-0.25, -0.2) is 4.79 Å².